The highest BCUT2D eigenvalue weighted by Gasteiger charge is 2.11. The van der Waals surface area contributed by atoms with Gasteiger partial charge in [0.2, 0.25) is 0 Å². The van der Waals surface area contributed by atoms with Crippen molar-refractivity contribution in [2.45, 2.75) is 33.2 Å². The van der Waals surface area contributed by atoms with Gasteiger partial charge in [-0.3, -0.25) is 9.48 Å². The van der Waals surface area contributed by atoms with E-state index < -0.39 is 11.6 Å². The summed E-state index contributed by atoms with van der Waals surface area (Å²) in [6, 6.07) is 5.40. The molecule has 0 atom stereocenters. The maximum absolute atomic E-state index is 13.1. The van der Waals surface area contributed by atoms with Gasteiger partial charge >= 0.3 is 0 Å². The predicted molar refractivity (Wildman–Crippen MR) is 71.4 cm³/mol. The van der Waals surface area contributed by atoms with Gasteiger partial charge < -0.3 is 0 Å². The topological polar surface area (TPSA) is 34.9 Å². The highest BCUT2D eigenvalue weighted by Crippen LogP contribution is 2.11. The Labute approximate surface area is 116 Å². The van der Waals surface area contributed by atoms with Gasteiger partial charge in [-0.15, -0.1) is 0 Å². The van der Waals surface area contributed by atoms with Crippen LogP contribution >= 0.6 is 0 Å². The van der Waals surface area contributed by atoms with Crippen LogP contribution in [0.1, 0.15) is 23.9 Å². The molecule has 2 aromatic rings. The number of nitrogens with zero attached hydrogens (tertiary/aromatic N) is 2. The summed E-state index contributed by atoms with van der Waals surface area (Å²) >= 11 is 0. The fourth-order valence-electron chi connectivity index (χ4n) is 2.16. The number of halogens is 2. The van der Waals surface area contributed by atoms with E-state index in [0.29, 0.717) is 12.1 Å². The summed E-state index contributed by atoms with van der Waals surface area (Å²) in [7, 11) is 0. The van der Waals surface area contributed by atoms with E-state index in [1.165, 1.54) is 6.07 Å². The van der Waals surface area contributed by atoms with Crippen molar-refractivity contribution in [2.75, 3.05) is 0 Å². The summed E-state index contributed by atoms with van der Waals surface area (Å²) in [5, 5.41) is 4.27. The fourth-order valence-corrected chi connectivity index (χ4v) is 2.16. The molecule has 0 saturated heterocycles. The third-order valence-corrected chi connectivity index (χ3v) is 3.05. The van der Waals surface area contributed by atoms with Gasteiger partial charge in [-0.05, 0) is 37.6 Å². The van der Waals surface area contributed by atoms with Crippen LogP contribution in [0.15, 0.2) is 24.3 Å². The maximum Gasteiger partial charge on any atom is 0.159 e. The molecule has 1 aromatic carbocycles. The number of rotatable bonds is 5. The van der Waals surface area contributed by atoms with Gasteiger partial charge in [0, 0.05) is 25.1 Å². The van der Waals surface area contributed by atoms with Crippen LogP contribution < -0.4 is 0 Å². The van der Waals surface area contributed by atoms with Gasteiger partial charge in [0.1, 0.15) is 5.78 Å². The summed E-state index contributed by atoms with van der Waals surface area (Å²) in [6.45, 7) is 4.52. The Morgan fingerprint density at radius 2 is 1.95 bits per heavy atom. The number of aromatic nitrogens is 2. The van der Waals surface area contributed by atoms with E-state index >= 15 is 0 Å². The molecule has 1 aromatic heterocycles. The average Bonchev–Trinajstić information content (AvgIpc) is 2.74. The van der Waals surface area contributed by atoms with E-state index in [4.69, 9.17) is 0 Å². The number of hydrogen-bond donors (Lipinski definition) is 0. The highest BCUT2D eigenvalue weighted by molar-refractivity contribution is 5.82. The average molecular weight is 278 g/mol. The molecule has 0 saturated carbocycles. The molecule has 0 aliphatic rings. The number of benzene rings is 1. The lowest BCUT2D eigenvalue weighted by Gasteiger charge is -2.04. The van der Waals surface area contributed by atoms with Crippen LogP contribution in [-0.2, 0) is 24.2 Å². The Hall–Kier alpha value is -2.04. The summed E-state index contributed by atoms with van der Waals surface area (Å²) in [5.74, 6) is -1.88. The first-order valence-corrected chi connectivity index (χ1v) is 6.48. The van der Waals surface area contributed by atoms with Gasteiger partial charge in [0.05, 0.1) is 5.69 Å². The molecule has 0 fully saturated rings. The van der Waals surface area contributed by atoms with Gasteiger partial charge in [0.25, 0.3) is 0 Å². The number of hydrogen-bond acceptors (Lipinski definition) is 2. The molecule has 0 radical (unpaired) electrons. The van der Waals surface area contributed by atoms with Crippen LogP contribution in [0.2, 0.25) is 0 Å². The van der Waals surface area contributed by atoms with E-state index in [1.54, 1.807) is 4.68 Å². The zero-order valence-corrected chi connectivity index (χ0v) is 11.5. The molecular formula is C15H16F2N2O. The SMILES string of the molecule is CCn1nc(C)cc1CC(=O)Cc1ccc(F)c(F)c1. The van der Waals surface area contributed by atoms with E-state index in [0.717, 1.165) is 23.5 Å². The zero-order chi connectivity index (χ0) is 14.7. The minimum absolute atomic E-state index is 0.0504. The Balaban J connectivity index is 2.06. The smallest absolute Gasteiger partial charge is 0.159 e. The Kier molecular flexibility index (Phi) is 4.27. The van der Waals surface area contributed by atoms with Crippen LogP contribution in [0, 0.1) is 18.6 Å². The molecule has 5 heteroatoms. The third-order valence-electron chi connectivity index (χ3n) is 3.05. The fraction of sp³-hybridized carbons (Fsp3) is 0.333. The Morgan fingerprint density at radius 1 is 1.20 bits per heavy atom. The lowest BCUT2D eigenvalue weighted by molar-refractivity contribution is -0.117. The first-order chi connectivity index (χ1) is 9.49. The van der Waals surface area contributed by atoms with Crippen molar-refractivity contribution >= 4 is 5.78 Å². The minimum atomic E-state index is -0.926. The van der Waals surface area contributed by atoms with Crippen molar-refractivity contribution in [3.05, 3.63) is 52.9 Å². The monoisotopic (exact) mass is 278 g/mol. The lowest BCUT2D eigenvalue weighted by atomic mass is 10.1. The molecule has 2 rings (SSSR count). The number of carbonyl (C=O) groups excluding carboxylic acids is 1. The van der Waals surface area contributed by atoms with Crippen LogP contribution in [0.3, 0.4) is 0 Å². The predicted octanol–water partition coefficient (Wildman–Crippen LogP) is 2.84. The molecule has 3 nitrogen and oxygen atoms in total. The summed E-state index contributed by atoms with van der Waals surface area (Å²) in [4.78, 5) is 12.0. The van der Waals surface area contributed by atoms with Crippen LogP contribution in [0.4, 0.5) is 8.78 Å². The maximum atomic E-state index is 13.1. The second-order valence-corrected chi connectivity index (χ2v) is 4.73. The normalized spacial score (nSPS) is 10.8. The molecule has 0 aliphatic heterocycles. The van der Waals surface area contributed by atoms with Crippen LogP contribution in [-0.4, -0.2) is 15.6 Å². The molecular weight excluding hydrogens is 262 g/mol. The summed E-state index contributed by atoms with van der Waals surface area (Å²) < 4.78 is 27.7. The van der Waals surface area contributed by atoms with Crippen molar-refractivity contribution in [1.82, 2.24) is 9.78 Å². The van der Waals surface area contributed by atoms with Crippen molar-refractivity contribution in [2.24, 2.45) is 0 Å². The second kappa shape index (κ2) is 5.94. The largest absolute Gasteiger partial charge is 0.299 e. The zero-order valence-electron chi connectivity index (χ0n) is 11.5. The number of carbonyl (C=O) groups is 1. The van der Waals surface area contributed by atoms with Crippen LogP contribution in [0.25, 0.3) is 0 Å². The van der Waals surface area contributed by atoms with Crippen molar-refractivity contribution in [3.63, 3.8) is 0 Å². The number of aryl methyl sites for hydroxylation is 2. The molecule has 0 spiro atoms. The molecule has 1 heterocycles. The van der Waals surface area contributed by atoms with Crippen molar-refractivity contribution in [3.8, 4) is 0 Å². The Bertz CT molecular complexity index is 635. The van der Waals surface area contributed by atoms with Crippen molar-refractivity contribution in [1.29, 1.82) is 0 Å². The third kappa shape index (κ3) is 3.29. The van der Waals surface area contributed by atoms with Gasteiger partial charge in [-0.25, -0.2) is 8.78 Å². The van der Waals surface area contributed by atoms with Gasteiger partial charge in [0.15, 0.2) is 11.6 Å². The molecule has 0 amide bonds. The summed E-state index contributed by atoms with van der Waals surface area (Å²) in [6.07, 6.45) is 0.332. The Morgan fingerprint density at radius 3 is 2.60 bits per heavy atom. The first-order valence-electron chi connectivity index (χ1n) is 6.48. The lowest BCUT2D eigenvalue weighted by Crippen LogP contribution is -2.11. The standard InChI is InChI=1S/C15H16F2N2O/c1-3-19-12(6-10(2)18-19)9-13(20)7-11-4-5-14(16)15(17)8-11/h4-6,8H,3,7,9H2,1-2H3. The van der Waals surface area contributed by atoms with E-state index in [9.17, 15) is 13.6 Å². The summed E-state index contributed by atoms with van der Waals surface area (Å²) in [5.41, 5.74) is 2.19. The molecule has 0 aliphatic carbocycles. The highest BCUT2D eigenvalue weighted by atomic mass is 19.2. The van der Waals surface area contributed by atoms with Crippen molar-refractivity contribution < 1.29 is 13.6 Å². The molecule has 106 valence electrons. The van der Waals surface area contributed by atoms with Crippen LogP contribution in [0.5, 0.6) is 0 Å². The quantitative estimate of drug-likeness (QED) is 0.843. The molecule has 0 N–H and O–H groups in total. The van der Waals surface area contributed by atoms with E-state index in [2.05, 4.69) is 5.10 Å². The molecule has 0 bridgehead atoms. The molecule has 0 unspecified atom stereocenters. The van der Waals surface area contributed by atoms with E-state index in [1.807, 2.05) is 19.9 Å². The first kappa shape index (κ1) is 14.4. The molecule has 20 heavy (non-hydrogen) atoms. The van der Waals surface area contributed by atoms with Gasteiger partial charge in [-0.2, -0.15) is 5.10 Å². The second-order valence-electron chi connectivity index (χ2n) is 4.73. The van der Waals surface area contributed by atoms with Gasteiger partial charge in [-0.1, -0.05) is 6.07 Å². The minimum Gasteiger partial charge on any atom is -0.299 e. The van der Waals surface area contributed by atoms with E-state index in [-0.39, 0.29) is 18.6 Å². The number of Topliss-reactive ketones (excluding diaryl/α,β-unsaturated/α-hetero) is 1. The number of ketones is 1.